The highest BCUT2D eigenvalue weighted by atomic mass is 16.6. The number of furan rings is 1. The highest BCUT2D eigenvalue weighted by Crippen LogP contribution is 2.22. The fourth-order valence-electron chi connectivity index (χ4n) is 3.28. The molecular weight excluding hydrogens is 386 g/mol. The van der Waals surface area contributed by atoms with Gasteiger partial charge in [-0.2, -0.15) is 0 Å². The predicted molar refractivity (Wildman–Crippen MR) is 111 cm³/mol. The monoisotopic (exact) mass is 409 g/mol. The zero-order valence-electron chi connectivity index (χ0n) is 16.7. The van der Waals surface area contributed by atoms with Crippen LogP contribution < -0.4 is 5.32 Å². The van der Waals surface area contributed by atoms with Crippen LogP contribution in [-0.2, 0) is 17.8 Å². The maximum absolute atomic E-state index is 10.8. The largest absolute Gasteiger partial charge is 0.463 e. The van der Waals surface area contributed by atoms with Gasteiger partial charge in [0.15, 0.2) is 5.82 Å². The van der Waals surface area contributed by atoms with Crippen molar-refractivity contribution >= 4 is 11.5 Å². The zero-order valence-corrected chi connectivity index (χ0v) is 16.7. The molecule has 1 fully saturated rings. The summed E-state index contributed by atoms with van der Waals surface area (Å²) in [6.07, 6.45) is 0. The second-order valence-corrected chi connectivity index (χ2v) is 7.13. The van der Waals surface area contributed by atoms with E-state index < -0.39 is 4.92 Å². The molecule has 1 aliphatic rings. The van der Waals surface area contributed by atoms with Crippen molar-refractivity contribution in [3.05, 3.63) is 69.8 Å². The van der Waals surface area contributed by atoms with Gasteiger partial charge in [-0.15, -0.1) is 0 Å². The Kier molecular flexibility index (Phi) is 6.01. The number of rotatable bonds is 7. The average Bonchev–Trinajstić information content (AvgIpc) is 3.20. The first-order valence-corrected chi connectivity index (χ1v) is 9.79. The first kappa shape index (κ1) is 20.0. The summed E-state index contributed by atoms with van der Waals surface area (Å²) in [6, 6.07) is 12.0. The molecule has 30 heavy (non-hydrogen) atoms. The molecule has 1 aromatic carbocycles. The summed E-state index contributed by atoms with van der Waals surface area (Å²) in [5, 5.41) is 14.1. The van der Waals surface area contributed by atoms with Gasteiger partial charge >= 0.3 is 0 Å². The Bertz CT molecular complexity index is 1010. The van der Waals surface area contributed by atoms with Gasteiger partial charge in [0.2, 0.25) is 0 Å². The second kappa shape index (κ2) is 9.02. The van der Waals surface area contributed by atoms with Gasteiger partial charge in [-0.1, -0.05) is 0 Å². The number of aryl methyl sites for hydroxylation is 1. The van der Waals surface area contributed by atoms with Crippen molar-refractivity contribution < 1.29 is 14.1 Å². The molecule has 0 spiro atoms. The lowest BCUT2D eigenvalue weighted by Gasteiger charge is -2.25. The quantitative estimate of drug-likeness (QED) is 0.467. The minimum atomic E-state index is -0.426. The van der Waals surface area contributed by atoms with Crippen LogP contribution in [-0.4, -0.2) is 46.1 Å². The lowest BCUT2D eigenvalue weighted by molar-refractivity contribution is -0.384. The number of aromatic nitrogens is 2. The number of nitro groups is 1. The summed E-state index contributed by atoms with van der Waals surface area (Å²) in [5.74, 6) is 2.94. The fourth-order valence-corrected chi connectivity index (χ4v) is 3.28. The molecule has 9 heteroatoms. The van der Waals surface area contributed by atoms with Crippen LogP contribution in [0.3, 0.4) is 0 Å². The van der Waals surface area contributed by atoms with E-state index in [1.165, 1.54) is 12.1 Å². The molecule has 2 aromatic heterocycles. The maximum Gasteiger partial charge on any atom is 0.269 e. The van der Waals surface area contributed by atoms with E-state index in [9.17, 15) is 10.1 Å². The van der Waals surface area contributed by atoms with Crippen LogP contribution in [0.2, 0.25) is 0 Å². The van der Waals surface area contributed by atoms with Gasteiger partial charge in [0, 0.05) is 42.5 Å². The number of ether oxygens (including phenoxy) is 1. The number of nitro benzene ring substituents is 1. The van der Waals surface area contributed by atoms with Crippen molar-refractivity contribution in [1.82, 2.24) is 14.9 Å². The predicted octanol–water partition coefficient (Wildman–Crippen LogP) is 3.40. The molecule has 0 aliphatic carbocycles. The highest BCUT2D eigenvalue weighted by molar-refractivity contribution is 5.59. The van der Waals surface area contributed by atoms with Crippen molar-refractivity contribution in [3.63, 3.8) is 0 Å². The highest BCUT2D eigenvalue weighted by Gasteiger charge is 2.13. The molecule has 1 saturated heterocycles. The molecule has 156 valence electrons. The molecule has 9 nitrogen and oxygen atoms in total. The molecule has 3 aromatic rings. The fraction of sp³-hybridized carbons (Fsp3) is 0.333. The van der Waals surface area contributed by atoms with Crippen LogP contribution in [0.5, 0.6) is 0 Å². The van der Waals surface area contributed by atoms with E-state index >= 15 is 0 Å². The molecule has 0 unspecified atom stereocenters. The standard InChI is InChI=1S/C21H23N5O4/c1-15-12-20(24-21(23-15)16-2-4-17(5-3-16)26(27)28)22-13-18-6-7-19(30-18)14-25-8-10-29-11-9-25/h2-7,12H,8-11,13-14H2,1H3,(H,22,23,24). The van der Waals surface area contributed by atoms with Crippen LogP contribution in [0, 0.1) is 17.0 Å². The van der Waals surface area contributed by atoms with Gasteiger partial charge in [-0.3, -0.25) is 15.0 Å². The van der Waals surface area contributed by atoms with Crippen LogP contribution in [0.25, 0.3) is 11.4 Å². The van der Waals surface area contributed by atoms with E-state index in [2.05, 4.69) is 20.2 Å². The van der Waals surface area contributed by atoms with Gasteiger partial charge in [0.1, 0.15) is 17.3 Å². The summed E-state index contributed by atoms with van der Waals surface area (Å²) in [5.41, 5.74) is 1.56. The van der Waals surface area contributed by atoms with E-state index in [0.29, 0.717) is 18.2 Å². The van der Waals surface area contributed by atoms with Gasteiger partial charge in [0.05, 0.1) is 31.2 Å². The molecule has 3 heterocycles. The van der Waals surface area contributed by atoms with Crippen molar-refractivity contribution in [3.8, 4) is 11.4 Å². The van der Waals surface area contributed by atoms with Gasteiger partial charge in [-0.25, -0.2) is 9.97 Å². The summed E-state index contributed by atoms with van der Waals surface area (Å²) >= 11 is 0. The van der Waals surface area contributed by atoms with Crippen molar-refractivity contribution in [2.45, 2.75) is 20.0 Å². The number of benzene rings is 1. The molecule has 1 aliphatic heterocycles. The summed E-state index contributed by atoms with van der Waals surface area (Å²) in [7, 11) is 0. The topological polar surface area (TPSA) is 107 Å². The van der Waals surface area contributed by atoms with Crippen LogP contribution in [0.1, 0.15) is 17.2 Å². The van der Waals surface area contributed by atoms with E-state index in [0.717, 1.165) is 55.6 Å². The van der Waals surface area contributed by atoms with Crippen molar-refractivity contribution in [1.29, 1.82) is 0 Å². The molecule has 0 bridgehead atoms. The van der Waals surface area contributed by atoms with Gasteiger partial charge < -0.3 is 14.5 Å². The first-order valence-electron chi connectivity index (χ1n) is 9.79. The Morgan fingerprint density at radius 1 is 1.10 bits per heavy atom. The molecule has 0 saturated carbocycles. The zero-order chi connectivity index (χ0) is 20.9. The minimum Gasteiger partial charge on any atom is -0.463 e. The second-order valence-electron chi connectivity index (χ2n) is 7.13. The number of hydrogen-bond donors (Lipinski definition) is 1. The van der Waals surface area contributed by atoms with Crippen LogP contribution in [0.15, 0.2) is 46.9 Å². The number of anilines is 1. The normalized spacial score (nSPS) is 14.6. The Labute approximate surface area is 173 Å². The first-order chi connectivity index (χ1) is 14.6. The lowest BCUT2D eigenvalue weighted by atomic mass is 10.2. The van der Waals surface area contributed by atoms with Crippen molar-refractivity contribution in [2.24, 2.45) is 0 Å². The summed E-state index contributed by atoms with van der Waals surface area (Å²) in [4.78, 5) is 21.7. The molecule has 4 rings (SSSR count). The third-order valence-corrected chi connectivity index (χ3v) is 4.83. The SMILES string of the molecule is Cc1cc(NCc2ccc(CN3CCOCC3)o2)nc(-c2ccc([N+](=O)[O-])cc2)n1. The lowest BCUT2D eigenvalue weighted by Crippen LogP contribution is -2.35. The summed E-state index contributed by atoms with van der Waals surface area (Å²) in [6.45, 7) is 6.52. The molecule has 0 radical (unpaired) electrons. The minimum absolute atomic E-state index is 0.0375. The van der Waals surface area contributed by atoms with Crippen LogP contribution >= 0.6 is 0 Å². The number of non-ortho nitro benzene ring substituents is 1. The number of nitrogens with zero attached hydrogens (tertiary/aromatic N) is 4. The number of morpholine rings is 1. The Balaban J connectivity index is 1.41. The third kappa shape index (κ3) is 5.00. The Morgan fingerprint density at radius 3 is 2.57 bits per heavy atom. The van der Waals surface area contributed by atoms with Crippen LogP contribution in [0.4, 0.5) is 11.5 Å². The number of nitrogens with one attached hydrogen (secondary N) is 1. The van der Waals surface area contributed by atoms with E-state index in [4.69, 9.17) is 9.15 Å². The number of hydrogen-bond acceptors (Lipinski definition) is 8. The average molecular weight is 409 g/mol. The van der Waals surface area contributed by atoms with E-state index in [-0.39, 0.29) is 5.69 Å². The molecule has 0 amide bonds. The molecular formula is C21H23N5O4. The maximum atomic E-state index is 10.8. The van der Waals surface area contributed by atoms with E-state index in [1.807, 2.05) is 25.1 Å². The van der Waals surface area contributed by atoms with Gasteiger partial charge in [-0.05, 0) is 31.2 Å². The Morgan fingerprint density at radius 2 is 1.83 bits per heavy atom. The molecule has 0 atom stereocenters. The third-order valence-electron chi connectivity index (χ3n) is 4.83. The van der Waals surface area contributed by atoms with Crippen molar-refractivity contribution in [2.75, 3.05) is 31.6 Å². The van der Waals surface area contributed by atoms with Gasteiger partial charge in [0.25, 0.3) is 5.69 Å². The van der Waals surface area contributed by atoms with E-state index in [1.54, 1.807) is 12.1 Å². The molecule has 1 N–H and O–H groups in total. The summed E-state index contributed by atoms with van der Waals surface area (Å²) < 4.78 is 11.3. The Hall–Kier alpha value is -3.30. The smallest absolute Gasteiger partial charge is 0.269 e.